The highest BCUT2D eigenvalue weighted by molar-refractivity contribution is 5.94. The van der Waals surface area contributed by atoms with Crippen molar-refractivity contribution in [3.8, 4) is 0 Å². The lowest BCUT2D eigenvalue weighted by Gasteiger charge is -2.25. The summed E-state index contributed by atoms with van der Waals surface area (Å²) in [7, 11) is 0. The Morgan fingerprint density at radius 2 is 1.85 bits per heavy atom. The number of hydrogen-bond donors (Lipinski definition) is 3. The molecule has 0 saturated carbocycles. The fourth-order valence-corrected chi connectivity index (χ4v) is 2.38. The van der Waals surface area contributed by atoms with Crippen molar-refractivity contribution in [3.63, 3.8) is 0 Å². The van der Waals surface area contributed by atoms with E-state index in [9.17, 15) is 9.18 Å². The standard InChI is InChI=1S/C15H23FN2O2/c1-8(2)11(9(3)4)7-18-14-5-10(15(19)20)13(17)6-12(14)16/h5-6,8-9,11,18H,7,17H2,1-4H3,(H,19,20). The van der Waals surface area contributed by atoms with Gasteiger partial charge in [-0.3, -0.25) is 0 Å². The Bertz CT molecular complexity index is 479. The summed E-state index contributed by atoms with van der Waals surface area (Å²) in [5, 5.41) is 12.0. The molecule has 0 spiro atoms. The molecule has 0 aliphatic rings. The van der Waals surface area contributed by atoms with E-state index in [0.29, 0.717) is 24.3 Å². The molecule has 112 valence electrons. The van der Waals surface area contributed by atoms with E-state index in [1.165, 1.54) is 6.07 Å². The third-order valence-corrected chi connectivity index (χ3v) is 3.61. The first kappa shape index (κ1) is 16.3. The zero-order valence-corrected chi connectivity index (χ0v) is 12.4. The van der Waals surface area contributed by atoms with Crippen LogP contribution >= 0.6 is 0 Å². The summed E-state index contributed by atoms with van der Waals surface area (Å²) in [6.07, 6.45) is 0. The minimum Gasteiger partial charge on any atom is -0.478 e. The van der Waals surface area contributed by atoms with Gasteiger partial charge in [0.2, 0.25) is 0 Å². The van der Waals surface area contributed by atoms with Gasteiger partial charge < -0.3 is 16.2 Å². The number of hydrogen-bond acceptors (Lipinski definition) is 3. The SMILES string of the molecule is CC(C)C(CNc1cc(C(=O)O)c(N)cc1F)C(C)C. The molecular weight excluding hydrogens is 259 g/mol. The molecule has 1 rings (SSSR count). The van der Waals surface area contributed by atoms with Gasteiger partial charge in [0.1, 0.15) is 5.82 Å². The summed E-state index contributed by atoms with van der Waals surface area (Å²) in [4.78, 5) is 11.0. The quantitative estimate of drug-likeness (QED) is 0.699. The lowest BCUT2D eigenvalue weighted by molar-refractivity contribution is 0.0698. The van der Waals surface area contributed by atoms with E-state index in [1.54, 1.807) is 0 Å². The van der Waals surface area contributed by atoms with Crippen LogP contribution in [-0.4, -0.2) is 17.6 Å². The zero-order chi connectivity index (χ0) is 15.4. The Kier molecular flexibility index (Phi) is 5.36. The Morgan fingerprint density at radius 3 is 2.30 bits per heavy atom. The summed E-state index contributed by atoms with van der Waals surface area (Å²) in [5.41, 5.74) is 5.53. The molecule has 0 radical (unpaired) electrons. The number of anilines is 2. The van der Waals surface area contributed by atoms with Crippen molar-refractivity contribution in [1.29, 1.82) is 0 Å². The molecule has 0 unspecified atom stereocenters. The van der Waals surface area contributed by atoms with Gasteiger partial charge in [-0.1, -0.05) is 27.7 Å². The number of halogens is 1. The van der Waals surface area contributed by atoms with Crippen LogP contribution < -0.4 is 11.1 Å². The minimum absolute atomic E-state index is 0.0650. The fraction of sp³-hybridized carbons (Fsp3) is 0.533. The molecule has 0 atom stereocenters. The van der Waals surface area contributed by atoms with E-state index in [2.05, 4.69) is 33.0 Å². The molecule has 4 nitrogen and oxygen atoms in total. The summed E-state index contributed by atoms with van der Waals surface area (Å²) < 4.78 is 13.8. The first-order valence-electron chi connectivity index (χ1n) is 6.80. The number of rotatable bonds is 6. The Labute approximate surface area is 119 Å². The molecule has 1 aromatic carbocycles. The molecule has 5 heteroatoms. The number of nitrogens with two attached hydrogens (primary N) is 1. The first-order valence-corrected chi connectivity index (χ1v) is 6.80. The van der Waals surface area contributed by atoms with Crippen molar-refractivity contribution in [2.24, 2.45) is 17.8 Å². The molecule has 0 heterocycles. The number of nitrogens with one attached hydrogen (secondary N) is 1. The largest absolute Gasteiger partial charge is 0.478 e. The van der Waals surface area contributed by atoms with E-state index in [1.807, 2.05) is 0 Å². The van der Waals surface area contributed by atoms with Crippen LogP contribution in [0.4, 0.5) is 15.8 Å². The highest BCUT2D eigenvalue weighted by Gasteiger charge is 2.19. The van der Waals surface area contributed by atoms with E-state index in [0.717, 1.165) is 6.07 Å². The topological polar surface area (TPSA) is 75.3 Å². The molecule has 0 amide bonds. The van der Waals surface area contributed by atoms with Crippen molar-refractivity contribution in [3.05, 3.63) is 23.5 Å². The highest BCUT2D eigenvalue weighted by Crippen LogP contribution is 2.25. The van der Waals surface area contributed by atoms with Gasteiger partial charge in [-0.05, 0) is 29.9 Å². The van der Waals surface area contributed by atoms with Crippen LogP contribution in [0.15, 0.2) is 12.1 Å². The molecule has 0 aromatic heterocycles. The molecule has 1 aromatic rings. The third-order valence-electron chi connectivity index (χ3n) is 3.61. The van der Waals surface area contributed by atoms with Crippen molar-refractivity contribution >= 4 is 17.3 Å². The van der Waals surface area contributed by atoms with Crippen LogP contribution in [-0.2, 0) is 0 Å². The zero-order valence-electron chi connectivity index (χ0n) is 12.4. The van der Waals surface area contributed by atoms with E-state index in [4.69, 9.17) is 10.8 Å². The summed E-state index contributed by atoms with van der Waals surface area (Å²) in [6.45, 7) is 9.07. The molecule has 20 heavy (non-hydrogen) atoms. The first-order chi connectivity index (χ1) is 9.23. The average molecular weight is 282 g/mol. The lowest BCUT2D eigenvalue weighted by Crippen LogP contribution is -2.25. The fourth-order valence-electron chi connectivity index (χ4n) is 2.38. The third kappa shape index (κ3) is 3.85. The number of aromatic carboxylic acids is 1. The maximum atomic E-state index is 13.8. The summed E-state index contributed by atoms with van der Waals surface area (Å²) in [5.74, 6) is -0.398. The number of carboxylic acids is 1. The second kappa shape index (κ2) is 6.59. The molecule has 0 bridgehead atoms. The molecule has 0 fully saturated rings. The number of carbonyl (C=O) groups is 1. The van der Waals surface area contributed by atoms with E-state index < -0.39 is 11.8 Å². The number of benzene rings is 1. The average Bonchev–Trinajstić information content (AvgIpc) is 2.30. The second-order valence-electron chi connectivity index (χ2n) is 5.76. The normalized spacial score (nSPS) is 11.4. The van der Waals surface area contributed by atoms with Gasteiger partial charge in [0.05, 0.1) is 11.3 Å². The maximum Gasteiger partial charge on any atom is 0.337 e. The van der Waals surface area contributed by atoms with Gasteiger partial charge in [-0.2, -0.15) is 0 Å². The van der Waals surface area contributed by atoms with Crippen molar-refractivity contribution in [1.82, 2.24) is 0 Å². The smallest absolute Gasteiger partial charge is 0.337 e. The molecule has 0 aliphatic heterocycles. The predicted octanol–water partition coefficient (Wildman–Crippen LogP) is 3.45. The van der Waals surface area contributed by atoms with Crippen LogP contribution in [0.3, 0.4) is 0 Å². The van der Waals surface area contributed by atoms with Crippen LogP contribution in [0.5, 0.6) is 0 Å². The highest BCUT2D eigenvalue weighted by atomic mass is 19.1. The molecule has 0 aliphatic carbocycles. The van der Waals surface area contributed by atoms with Crippen molar-refractivity contribution < 1.29 is 14.3 Å². The van der Waals surface area contributed by atoms with Crippen LogP contribution in [0.1, 0.15) is 38.1 Å². The van der Waals surface area contributed by atoms with E-state index >= 15 is 0 Å². The Balaban J connectivity index is 2.92. The lowest BCUT2D eigenvalue weighted by atomic mass is 9.85. The van der Waals surface area contributed by atoms with Gasteiger partial charge in [-0.25, -0.2) is 9.18 Å². The van der Waals surface area contributed by atoms with Crippen molar-refractivity contribution in [2.75, 3.05) is 17.6 Å². The molecular formula is C15H23FN2O2. The summed E-state index contributed by atoms with van der Waals surface area (Å²) in [6, 6.07) is 2.30. The summed E-state index contributed by atoms with van der Waals surface area (Å²) >= 11 is 0. The Morgan fingerprint density at radius 1 is 1.30 bits per heavy atom. The van der Waals surface area contributed by atoms with Gasteiger partial charge in [0.25, 0.3) is 0 Å². The predicted molar refractivity (Wildman–Crippen MR) is 79.4 cm³/mol. The van der Waals surface area contributed by atoms with Crippen LogP contribution in [0, 0.1) is 23.6 Å². The van der Waals surface area contributed by atoms with E-state index in [-0.39, 0.29) is 16.9 Å². The van der Waals surface area contributed by atoms with Gasteiger partial charge in [0.15, 0.2) is 0 Å². The Hall–Kier alpha value is -1.78. The molecule has 4 N–H and O–H groups in total. The number of carboxylic acid groups (broad SMARTS) is 1. The maximum absolute atomic E-state index is 13.8. The van der Waals surface area contributed by atoms with Gasteiger partial charge in [0, 0.05) is 12.2 Å². The van der Waals surface area contributed by atoms with Gasteiger partial charge >= 0.3 is 5.97 Å². The monoisotopic (exact) mass is 282 g/mol. The van der Waals surface area contributed by atoms with Crippen LogP contribution in [0.25, 0.3) is 0 Å². The van der Waals surface area contributed by atoms with Crippen LogP contribution in [0.2, 0.25) is 0 Å². The number of nitrogen functional groups attached to an aromatic ring is 1. The van der Waals surface area contributed by atoms with Crippen molar-refractivity contribution in [2.45, 2.75) is 27.7 Å². The second-order valence-corrected chi connectivity index (χ2v) is 5.76. The molecule has 0 saturated heterocycles. The van der Waals surface area contributed by atoms with Gasteiger partial charge in [-0.15, -0.1) is 0 Å². The minimum atomic E-state index is -1.16.